The maximum Gasteiger partial charge on any atom is 0.375 e. The van der Waals surface area contributed by atoms with Crippen molar-refractivity contribution in [2.75, 3.05) is 26.9 Å². The van der Waals surface area contributed by atoms with Gasteiger partial charge >= 0.3 is 5.97 Å². The molecule has 1 amide bonds. The van der Waals surface area contributed by atoms with Crippen LogP contribution in [0.5, 0.6) is 5.75 Å². The first-order chi connectivity index (χ1) is 13.7. The largest absolute Gasteiger partial charge is 0.492 e. The van der Waals surface area contributed by atoms with Crippen LogP contribution in [0.4, 0.5) is 0 Å². The van der Waals surface area contributed by atoms with E-state index in [0.29, 0.717) is 24.3 Å². The quantitative estimate of drug-likeness (QED) is 0.452. The van der Waals surface area contributed by atoms with Gasteiger partial charge in [0.05, 0.1) is 13.2 Å². The van der Waals surface area contributed by atoms with Crippen LogP contribution in [0, 0.1) is 0 Å². The molecule has 7 nitrogen and oxygen atoms in total. The summed E-state index contributed by atoms with van der Waals surface area (Å²) in [4.78, 5) is 24.2. The van der Waals surface area contributed by atoms with E-state index < -0.39 is 18.5 Å². The SMILES string of the molecule is COCc1c(C(=O)OCC(=O)NCCOc2ccccc2)oc2ccccc12. The molecule has 0 saturated carbocycles. The zero-order chi connectivity index (χ0) is 19.8. The summed E-state index contributed by atoms with van der Waals surface area (Å²) in [5, 5.41) is 3.41. The van der Waals surface area contributed by atoms with Gasteiger partial charge < -0.3 is 23.9 Å². The van der Waals surface area contributed by atoms with Crippen LogP contribution in [-0.4, -0.2) is 38.7 Å². The number of esters is 1. The first kappa shape index (κ1) is 19.4. The molecule has 0 aliphatic heterocycles. The van der Waals surface area contributed by atoms with Gasteiger partial charge in [-0.3, -0.25) is 4.79 Å². The highest BCUT2D eigenvalue weighted by atomic mass is 16.5. The van der Waals surface area contributed by atoms with E-state index in [4.69, 9.17) is 18.6 Å². The molecule has 3 rings (SSSR count). The van der Waals surface area contributed by atoms with Crippen molar-refractivity contribution in [2.45, 2.75) is 6.61 Å². The van der Waals surface area contributed by atoms with E-state index in [1.807, 2.05) is 48.5 Å². The van der Waals surface area contributed by atoms with Crippen LogP contribution in [0.2, 0.25) is 0 Å². The van der Waals surface area contributed by atoms with Crippen molar-refractivity contribution >= 4 is 22.8 Å². The van der Waals surface area contributed by atoms with Gasteiger partial charge in [-0.15, -0.1) is 0 Å². The highest BCUT2D eigenvalue weighted by molar-refractivity contribution is 5.96. The number of rotatable bonds is 9. The van der Waals surface area contributed by atoms with Crippen molar-refractivity contribution in [3.05, 3.63) is 65.9 Å². The minimum absolute atomic E-state index is 0.0447. The topological polar surface area (TPSA) is 87.0 Å². The predicted octanol–water partition coefficient (Wildman–Crippen LogP) is 2.93. The monoisotopic (exact) mass is 383 g/mol. The molecule has 0 spiro atoms. The molecule has 0 saturated heterocycles. The third kappa shape index (κ3) is 4.89. The van der Waals surface area contributed by atoms with Crippen LogP contribution in [0.25, 0.3) is 11.0 Å². The fraction of sp³-hybridized carbons (Fsp3) is 0.238. The van der Waals surface area contributed by atoms with E-state index in [0.717, 1.165) is 11.1 Å². The first-order valence-electron chi connectivity index (χ1n) is 8.80. The van der Waals surface area contributed by atoms with Crippen LogP contribution in [-0.2, 0) is 20.9 Å². The molecule has 1 heterocycles. The molecule has 0 fully saturated rings. The van der Waals surface area contributed by atoms with Crippen LogP contribution in [0.3, 0.4) is 0 Å². The second-order valence-electron chi connectivity index (χ2n) is 5.93. The summed E-state index contributed by atoms with van der Waals surface area (Å²) < 4.78 is 21.3. The third-order valence-corrected chi connectivity index (χ3v) is 3.94. The van der Waals surface area contributed by atoms with E-state index in [2.05, 4.69) is 5.32 Å². The van der Waals surface area contributed by atoms with Crippen molar-refractivity contribution in [3.8, 4) is 5.75 Å². The molecule has 146 valence electrons. The summed E-state index contributed by atoms with van der Waals surface area (Å²) in [7, 11) is 1.53. The number of methoxy groups -OCH3 is 1. The predicted molar refractivity (Wildman–Crippen MR) is 102 cm³/mol. The summed E-state index contributed by atoms with van der Waals surface area (Å²) in [6.07, 6.45) is 0. The molecule has 0 atom stereocenters. The van der Waals surface area contributed by atoms with Gasteiger partial charge in [-0.25, -0.2) is 4.79 Å². The minimum Gasteiger partial charge on any atom is -0.492 e. The van der Waals surface area contributed by atoms with E-state index in [9.17, 15) is 9.59 Å². The van der Waals surface area contributed by atoms with Gasteiger partial charge in [-0.05, 0) is 18.2 Å². The molecule has 28 heavy (non-hydrogen) atoms. The van der Waals surface area contributed by atoms with Gasteiger partial charge in [-0.1, -0.05) is 36.4 Å². The third-order valence-electron chi connectivity index (χ3n) is 3.94. The number of amides is 1. The van der Waals surface area contributed by atoms with Crippen molar-refractivity contribution in [1.29, 1.82) is 0 Å². The lowest BCUT2D eigenvalue weighted by Crippen LogP contribution is -2.32. The Kier molecular flexibility index (Phi) is 6.64. The fourth-order valence-corrected chi connectivity index (χ4v) is 2.68. The lowest BCUT2D eigenvalue weighted by molar-refractivity contribution is -0.124. The Labute approximate surface area is 162 Å². The fourth-order valence-electron chi connectivity index (χ4n) is 2.68. The van der Waals surface area contributed by atoms with E-state index >= 15 is 0 Å². The molecule has 0 aliphatic carbocycles. The van der Waals surface area contributed by atoms with E-state index in [1.54, 1.807) is 6.07 Å². The van der Waals surface area contributed by atoms with Gasteiger partial charge in [0.25, 0.3) is 5.91 Å². The van der Waals surface area contributed by atoms with E-state index in [1.165, 1.54) is 7.11 Å². The number of nitrogens with one attached hydrogen (secondary N) is 1. The molecule has 1 aromatic heterocycles. The van der Waals surface area contributed by atoms with E-state index in [-0.39, 0.29) is 12.4 Å². The molecule has 0 radical (unpaired) electrons. The Morgan fingerprint density at radius 3 is 2.57 bits per heavy atom. The molecule has 3 aromatic rings. The Hall–Kier alpha value is -3.32. The number of carbonyl (C=O) groups is 2. The van der Waals surface area contributed by atoms with Gasteiger partial charge in [0.2, 0.25) is 5.76 Å². The lowest BCUT2D eigenvalue weighted by Gasteiger charge is -2.08. The highest BCUT2D eigenvalue weighted by Gasteiger charge is 2.22. The van der Waals surface area contributed by atoms with Crippen molar-refractivity contribution in [2.24, 2.45) is 0 Å². The number of fused-ring (bicyclic) bond motifs is 1. The van der Waals surface area contributed by atoms with Crippen LogP contribution in [0.15, 0.2) is 59.0 Å². The maximum absolute atomic E-state index is 12.4. The number of para-hydroxylation sites is 2. The zero-order valence-electron chi connectivity index (χ0n) is 15.5. The smallest absolute Gasteiger partial charge is 0.375 e. The average Bonchev–Trinajstić information content (AvgIpc) is 3.09. The Bertz CT molecular complexity index is 934. The maximum atomic E-state index is 12.4. The standard InChI is InChI=1S/C21H21NO6/c1-25-13-17-16-9-5-6-10-18(16)28-20(17)21(24)27-14-19(23)22-11-12-26-15-7-3-2-4-8-15/h2-10H,11-14H2,1H3,(H,22,23). The van der Waals surface area contributed by atoms with Gasteiger partial charge in [0.1, 0.15) is 17.9 Å². The van der Waals surface area contributed by atoms with Gasteiger partial charge in [0.15, 0.2) is 6.61 Å². The molecular weight excluding hydrogens is 362 g/mol. The molecule has 0 aliphatic rings. The number of ether oxygens (including phenoxy) is 3. The summed E-state index contributed by atoms with van der Waals surface area (Å²) in [5.41, 5.74) is 1.16. The van der Waals surface area contributed by atoms with Crippen LogP contribution < -0.4 is 10.1 Å². The van der Waals surface area contributed by atoms with Gasteiger partial charge in [0, 0.05) is 18.1 Å². The lowest BCUT2D eigenvalue weighted by atomic mass is 10.1. The van der Waals surface area contributed by atoms with Crippen molar-refractivity contribution < 1.29 is 28.2 Å². The molecule has 0 bridgehead atoms. The molecule has 1 N–H and O–H groups in total. The summed E-state index contributed by atoms with van der Waals surface area (Å²) in [6, 6.07) is 16.5. The average molecular weight is 383 g/mol. The number of hydrogen-bond acceptors (Lipinski definition) is 6. The first-order valence-corrected chi connectivity index (χ1v) is 8.80. The normalized spacial score (nSPS) is 10.6. The van der Waals surface area contributed by atoms with Crippen LogP contribution in [0.1, 0.15) is 16.1 Å². The van der Waals surface area contributed by atoms with Gasteiger partial charge in [-0.2, -0.15) is 0 Å². The summed E-state index contributed by atoms with van der Waals surface area (Å²) >= 11 is 0. The summed E-state index contributed by atoms with van der Waals surface area (Å²) in [6.45, 7) is 0.397. The van der Waals surface area contributed by atoms with Crippen LogP contribution >= 0.6 is 0 Å². The second kappa shape index (κ2) is 9.57. The van der Waals surface area contributed by atoms with Crippen molar-refractivity contribution in [3.63, 3.8) is 0 Å². The molecule has 0 unspecified atom stereocenters. The number of carbonyl (C=O) groups excluding carboxylic acids is 2. The second-order valence-corrected chi connectivity index (χ2v) is 5.93. The summed E-state index contributed by atoms with van der Waals surface area (Å²) in [5.74, 6) is -0.365. The highest BCUT2D eigenvalue weighted by Crippen LogP contribution is 2.27. The minimum atomic E-state index is -0.709. The Balaban J connectivity index is 1.49. The molecular formula is C21H21NO6. The molecule has 7 heteroatoms. The van der Waals surface area contributed by atoms with Crippen molar-refractivity contribution in [1.82, 2.24) is 5.32 Å². The number of hydrogen-bond donors (Lipinski definition) is 1. The number of benzene rings is 2. The number of furan rings is 1. The molecule has 2 aromatic carbocycles. The Morgan fingerprint density at radius 1 is 1.04 bits per heavy atom. The zero-order valence-corrected chi connectivity index (χ0v) is 15.5. The Morgan fingerprint density at radius 2 is 1.79 bits per heavy atom.